The van der Waals surface area contributed by atoms with Crippen LogP contribution in [0.2, 0.25) is 0 Å². The molecule has 3 N–H and O–H groups in total. The molecule has 0 fully saturated rings. The molecule has 0 aliphatic carbocycles. The average Bonchev–Trinajstić information content (AvgIpc) is 2.38. The standard InChI is InChI=1S/C14H25N3O2S/c1-11(2)12(9-10-15)16-13-7-5-6-8-14(13)20(18,19)17(3)4/h5-8,11-12,16H,9-10,15H2,1-4H3. The summed E-state index contributed by atoms with van der Waals surface area (Å²) in [5.74, 6) is 0.369. The smallest absolute Gasteiger partial charge is 0.244 e. The van der Waals surface area contributed by atoms with Gasteiger partial charge in [0.1, 0.15) is 4.90 Å². The van der Waals surface area contributed by atoms with Crippen molar-refractivity contribution in [3.8, 4) is 0 Å². The Morgan fingerprint density at radius 1 is 1.25 bits per heavy atom. The molecule has 0 radical (unpaired) electrons. The van der Waals surface area contributed by atoms with Gasteiger partial charge in [-0.25, -0.2) is 12.7 Å². The summed E-state index contributed by atoms with van der Waals surface area (Å²) in [5.41, 5.74) is 6.26. The first-order valence-corrected chi connectivity index (χ1v) is 8.23. The van der Waals surface area contributed by atoms with Crippen LogP contribution in [0.5, 0.6) is 0 Å². The fraction of sp³-hybridized carbons (Fsp3) is 0.571. The van der Waals surface area contributed by atoms with Crippen LogP contribution in [0, 0.1) is 5.92 Å². The van der Waals surface area contributed by atoms with Crippen LogP contribution >= 0.6 is 0 Å². The molecule has 0 spiro atoms. The van der Waals surface area contributed by atoms with Gasteiger partial charge >= 0.3 is 0 Å². The zero-order valence-electron chi connectivity index (χ0n) is 12.6. The molecule has 1 rings (SSSR count). The fourth-order valence-corrected chi connectivity index (χ4v) is 3.01. The largest absolute Gasteiger partial charge is 0.381 e. The SMILES string of the molecule is CC(C)C(CCN)Nc1ccccc1S(=O)(=O)N(C)C. The summed E-state index contributed by atoms with van der Waals surface area (Å²) in [6, 6.07) is 7.13. The predicted molar refractivity (Wildman–Crippen MR) is 83.2 cm³/mol. The molecule has 20 heavy (non-hydrogen) atoms. The summed E-state index contributed by atoms with van der Waals surface area (Å²) in [7, 11) is -0.387. The number of nitrogens with two attached hydrogens (primary N) is 1. The van der Waals surface area contributed by atoms with Gasteiger partial charge in [0.2, 0.25) is 10.0 Å². The highest BCUT2D eigenvalue weighted by atomic mass is 32.2. The number of nitrogens with zero attached hydrogens (tertiary/aromatic N) is 1. The minimum atomic E-state index is -3.45. The highest BCUT2D eigenvalue weighted by Gasteiger charge is 2.22. The van der Waals surface area contributed by atoms with Gasteiger partial charge in [-0.3, -0.25) is 0 Å². The maximum Gasteiger partial charge on any atom is 0.244 e. The molecule has 1 unspecified atom stereocenters. The highest BCUT2D eigenvalue weighted by molar-refractivity contribution is 7.89. The Labute approximate surface area is 122 Å². The lowest BCUT2D eigenvalue weighted by Gasteiger charge is -2.25. The lowest BCUT2D eigenvalue weighted by atomic mass is 10.0. The van der Waals surface area contributed by atoms with Crippen molar-refractivity contribution in [1.29, 1.82) is 0 Å². The van der Waals surface area contributed by atoms with E-state index in [1.54, 1.807) is 18.2 Å². The third-order valence-electron chi connectivity index (χ3n) is 3.27. The summed E-state index contributed by atoms with van der Waals surface area (Å²) in [4.78, 5) is 0.299. The molecule has 0 saturated carbocycles. The zero-order chi connectivity index (χ0) is 15.3. The molecule has 6 heteroatoms. The second kappa shape index (κ2) is 7.06. The summed E-state index contributed by atoms with van der Waals surface area (Å²) in [6.45, 7) is 4.76. The molecule has 1 aromatic rings. The van der Waals surface area contributed by atoms with E-state index in [-0.39, 0.29) is 6.04 Å². The maximum absolute atomic E-state index is 12.3. The number of hydrogen-bond donors (Lipinski definition) is 2. The molecular formula is C14H25N3O2S. The van der Waals surface area contributed by atoms with Gasteiger partial charge in [-0.15, -0.1) is 0 Å². The Kier molecular flexibility index (Phi) is 5.98. The summed E-state index contributed by atoms with van der Waals surface area (Å²) in [6.07, 6.45) is 0.800. The van der Waals surface area contributed by atoms with Gasteiger partial charge in [-0.1, -0.05) is 26.0 Å². The van der Waals surface area contributed by atoms with Crippen molar-refractivity contribution in [2.24, 2.45) is 11.7 Å². The molecule has 1 aromatic carbocycles. The van der Waals surface area contributed by atoms with E-state index in [2.05, 4.69) is 19.2 Å². The van der Waals surface area contributed by atoms with Crippen LogP contribution in [0.4, 0.5) is 5.69 Å². The van der Waals surface area contributed by atoms with Crippen molar-refractivity contribution in [2.45, 2.75) is 31.2 Å². The zero-order valence-corrected chi connectivity index (χ0v) is 13.4. The molecular weight excluding hydrogens is 274 g/mol. The lowest BCUT2D eigenvalue weighted by Crippen LogP contribution is -2.30. The van der Waals surface area contributed by atoms with Crippen LogP contribution in [0.3, 0.4) is 0 Å². The fourth-order valence-electron chi connectivity index (χ4n) is 1.96. The number of para-hydroxylation sites is 1. The van der Waals surface area contributed by atoms with Crippen LogP contribution in [0.25, 0.3) is 0 Å². The van der Waals surface area contributed by atoms with Crippen LogP contribution < -0.4 is 11.1 Å². The number of rotatable bonds is 7. The second-order valence-electron chi connectivity index (χ2n) is 5.36. The molecule has 0 bridgehead atoms. The maximum atomic E-state index is 12.3. The predicted octanol–water partition coefficient (Wildman–Crippen LogP) is 1.72. The van der Waals surface area contributed by atoms with Crippen LogP contribution in [-0.4, -0.2) is 39.4 Å². The van der Waals surface area contributed by atoms with Gasteiger partial charge < -0.3 is 11.1 Å². The van der Waals surface area contributed by atoms with E-state index in [9.17, 15) is 8.42 Å². The van der Waals surface area contributed by atoms with Crippen LogP contribution in [-0.2, 0) is 10.0 Å². The molecule has 0 amide bonds. The molecule has 1 atom stereocenters. The molecule has 5 nitrogen and oxygen atoms in total. The van der Waals surface area contributed by atoms with Crippen molar-refractivity contribution in [1.82, 2.24) is 4.31 Å². The second-order valence-corrected chi connectivity index (χ2v) is 7.48. The number of nitrogens with one attached hydrogen (secondary N) is 1. The first-order valence-electron chi connectivity index (χ1n) is 6.79. The average molecular weight is 299 g/mol. The molecule has 0 heterocycles. The molecule has 0 aliphatic rings. The van der Waals surface area contributed by atoms with Gasteiger partial charge in [0.05, 0.1) is 5.69 Å². The summed E-state index contributed by atoms with van der Waals surface area (Å²) < 4.78 is 25.9. The molecule has 0 saturated heterocycles. The third-order valence-corrected chi connectivity index (χ3v) is 5.14. The van der Waals surface area contributed by atoms with E-state index < -0.39 is 10.0 Å². The van der Waals surface area contributed by atoms with Crippen molar-refractivity contribution in [3.63, 3.8) is 0 Å². The molecule has 0 aliphatic heterocycles. The topological polar surface area (TPSA) is 75.4 Å². The molecule has 0 aromatic heterocycles. The third kappa shape index (κ3) is 3.94. The van der Waals surface area contributed by atoms with Gasteiger partial charge in [0.25, 0.3) is 0 Å². The van der Waals surface area contributed by atoms with Crippen molar-refractivity contribution >= 4 is 15.7 Å². The number of sulfonamides is 1. The Hall–Kier alpha value is -1.11. The monoisotopic (exact) mass is 299 g/mol. The van der Waals surface area contributed by atoms with Crippen LogP contribution in [0.15, 0.2) is 29.2 Å². The lowest BCUT2D eigenvalue weighted by molar-refractivity contribution is 0.496. The van der Waals surface area contributed by atoms with Crippen molar-refractivity contribution < 1.29 is 8.42 Å². The first kappa shape index (κ1) is 16.9. The Balaban J connectivity index is 3.14. The first-order chi connectivity index (χ1) is 9.30. The minimum Gasteiger partial charge on any atom is -0.381 e. The van der Waals surface area contributed by atoms with Gasteiger partial charge in [0, 0.05) is 20.1 Å². The normalized spacial score (nSPS) is 13.8. The molecule has 114 valence electrons. The highest BCUT2D eigenvalue weighted by Crippen LogP contribution is 2.25. The Bertz CT molecular complexity index is 527. The van der Waals surface area contributed by atoms with E-state index in [0.29, 0.717) is 23.0 Å². The summed E-state index contributed by atoms with van der Waals surface area (Å²) in [5, 5.41) is 3.32. The van der Waals surface area contributed by atoms with Gasteiger partial charge in [0.15, 0.2) is 0 Å². The quantitative estimate of drug-likeness (QED) is 0.804. The minimum absolute atomic E-state index is 0.151. The van der Waals surface area contributed by atoms with E-state index in [4.69, 9.17) is 5.73 Å². The van der Waals surface area contributed by atoms with E-state index in [1.165, 1.54) is 18.4 Å². The summed E-state index contributed by atoms with van der Waals surface area (Å²) >= 11 is 0. The van der Waals surface area contributed by atoms with E-state index >= 15 is 0 Å². The number of hydrogen-bond acceptors (Lipinski definition) is 4. The van der Waals surface area contributed by atoms with E-state index in [0.717, 1.165) is 6.42 Å². The number of benzene rings is 1. The van der Waals surface area contributed by atoms with E-state index in [1.807, 2.05) is 6.07 Å². The Morgan fingerprint density at radius 2 is 1.85 bits per heavy atom. The van der Waals surface area contributed by atoms with Gasteiger partial charge in [-0.2, -0.15) is 0 Å². The van der Waals surface area contributed by atoms with Crippen molar-refractivity contribution in [2.75, 3.05) is 26.0 Å². The van der Waals surface area contributed by atoms with Crippen LogP contribution in [0.1, 0.15) is 20.3 Å². The Morgan fingerprint density at radius 3 is 2.35 bits per heavy atom. The van der Waals surface area contributed by atoms with Crippen molar-refractivity contribution in [3.05, 3.63) is 24.3 Å². The number of anilines is 1. The van der Waals surface area contributed by atoms with Gasteiger partial charge in [-0.05, 0) is 31.0 Å².